The van der Waals surface area contributed by atoms with Crippen LogP contribution < -0.4 is 15.2 Å². The molecule has 0 radical (unpaired) electrons. The van der Waals surface area contributed by atoms with Crippen LogP contribution in [0.2, 0.25) is 0 Å². The number of imidazole rings is 1. The quantitative estimate of drug-likeness (QED) is 0.229. The fourth-order valence-corrected chi connectivity index (χ4v) is 6.51. The van der Waals surface area contributed by atoms with Crippen LogP contribution in [0.1, 0.15) is 32.4 Å². The monoisotopic (exact) mass is 584 g/mol. The number of ether oxygens (including phenoxy) is 3. The molecule has 11 atom stereocenters. The summed E-state index contributed by atoms with van der Waals surface area (Å²) in [4.78, 5) is 27.0. The van der Waals surface area contributed by atoms with Crippen molar-refractivity contribution in [1.29, 1.82) is 0 Å². The van der Waals surface area contributed by atoms with E-state index in [-0.39, 0.29) is 18.6 Å². The second-order valence-corrected chi connectivity index (χ2v) is 12.7. The first kappa shape index (κ1) is 29.4. The maximum atomic E-state index is 13.1. The van der Waals surface area contributed by atoms with Gasteiger partial charge < -0.3 is 54.0 Å². The van der Waals surface area contributed by atoms with Crippen molar-refractivity contribution in [3.63, 3.8) is 0 Å². The Morgan fingerprint density at radius 2 is 2.00 bits per heavy atom. The molecule has 15 heteroatoms. The molecule has 2 saturated heterocycles. The number of nitrogens with zero attached hydrogens (tertiary/aromatic N) is 2. The molecule has 0 aromatic carbocycles. The summed E-state index contributed by atoms with van der Waals surface area (Å²) < 4.78 is 36.3. The van der Waals surface area contributed by atoms with Gasteiger partial charge in [0.15, 0.2) is 0 Å². The maximum Gasteiger partial charge on any atom is 0.373 e. The number of carbonyl (C=O) groups is 1. The summed E-state index contributed by atoms with van der Waals surface area (Å²) >= 11 is 0. The molecule has 0 spiro atoms. The van der Waals surface area contributed by atoms with Crippen molar-refractivity contribution in [2.24, 2.45) is 5.92 Å². The highest BCUT2D eigenvalue weighted by molar-refractivity contribution is 7.52. The van der Waals surface area contributed by atoms with Gasteiger partial charge in [-0.25, -0.2) is 9.55 Å². The molecule has 2 aliphatic heterocycles. The molecule has 4 heterocycles. The van der Waals surface area contributed by atoms with E-state index in [0.29, 0.717) is 17.8 Å². The lowest BCUT2D eigenvalue weighted by Crippen LogP contribution is -2.77. The average molecular weight is 585 g/mol. The number of rotatable bonds is 7. The van der Waals surface area contributed by atoms with E-state index in [4.69, 9.17) is 18.7 Å². The van der Waals surface area contributed by atoms with Gasteiger partial charge in [0.05, 0.1) is 48.7 Å². The van der Waals surface area contributed by atoms with E-state index in [2.05, 4.69) is 15.6 Å². The zero-order chi connectivity index (χ0) is 29.0. The Balaban J connectivity index is 1.32. The third kappa shape index (κ3) is 5.52. The Bertz CT molecular complexity index is 1290. The normalized spacial score (nSPS) is 39.1. The summed E-state index contributed by atoms with van der Waals surface area (Å²) in [5, 5.41) is 39.4. The van der Waals surface area contributed by atoms with Crippen LogP contribution in [0.5, 0.6) is 5.75 Å². The molecule has 1 amide bonds. The van der Waals surface area contributed by atoms with Gasteiger partial charge in [0.25, 0.3) is 0 Å². The van der Waals surface area contributed by atoms with Crippen molar-refractivity contribution in [3.05, 3.63) is 30.2 Å². The molecular weight excluding hydrogens is 547 g/mol. The van der Waals surface area contributed by atoms with Gasteiger partial charge in [-0.15, -0.1) is 0 Å². The maximum absolute atomic E-state index is 13.1. The highest BCUT2D eigenvalue weighted by Crippen LogP contribution is 2.43. The fourth-order valence-electron chi connectivity index (χ4n) is 6.01. The van der Waals surface area contributed by atoms with Gasteiger partial charge in [0.2, 0.25) is 18.0 Å². The van der Waals surface area contributed by atoms with Crippen LogP contribution in [0.15, 0.2) is 24.5 Å². The molecule has 1 unspecified atom stereocenters. The Morgan fingerprint density at radius 1 is 1.25 bits per heavy atom. The molecule has 3 aliphatic rings. The van der Waals surface area contributed by atoms with E-state index < -0.39 is 74.1 Å². The van der Waals surface area contributed by atoms with Crippen molar-refractivity contribution in [1.82, 2.24) is 20.0 Å². The number of hydrogen-bond donors (Lipinski definition) is 6. The van der Waals surface area contributed by atoms with Crippen LogP contribution in [0, 0.1) is 5.92 Å². The number of carbonyl (C=O) groups excluding carboxylic acids is 1. The number of aliphatic hydroxyl groups is 3. The number of amides is 1. The number of aromatic nitrogens is 2. The molecule has 2 aromatic rings. The summed E-state index contributed by atoms with van der Waals surface area (Å²) in [6.45, 7) is 4.73. The van der Waals surface area contributed by atoms with Crippen LogP contribution in [0.25, 0.3) is 5.65 Å². The Hall–Kier alpha value is -2.13. The number of aliphatic hydroxyl groups excluding tert-OH is 2. The lowest BCUT2D eigenvalue weighted by atomic mass is 9.74. The van der Waals surface area contributed by atoms with Crippen LogP contribution in [0.4, 0.5) is 0 Å². The standard InChI is InChI=1S/C25H37N4O10P/c1-5-15-20(31)19(26-3)22-23(21(15)32)37-24-25(33,38-22)16(8-12(2)36-24)28-18(30)9-13-10-29-11-14(39-40(4,34)35)6-7-17(29)27-13/h6-7,10-12,15-16,19-24,26,31-33H,5,8-9H2,1-4H3,(H,28,30)(H,34,35)/t12-,15-,16-,19+,20+,21+,22-,23-,24+,25+/m1/s1. The molecule has 40 heavy (non-hydrogen) atoms. The van der Waals surface area contributed by atoms with Crippen molar-refractivity contribution < 1.29 is 48.3 Å². The number of fused-ring (bicyclic) bond motifs is 3. The van der Waals surface area contributed by atoms with Gasteiger partial charge in [-0.05, 0) is 38.9 Å². The van der Waals surface area contributed by atoms with Crippen LogP contribution in [-0.2, 0) is 30.0 Å². The van der Waals surface area contributed by atoms with E-state index in [9.17, 15) is 29.6 Å². The van der Waals surface area contributed by atoms with Crippen LogP contribution in [-0.4, -0.2) is 104 Å². The van der Waals surface area contributed by atoms with Crippen molar-refractivity contribution in [3.8, 4) is 5.75 Å². The molecule has 222 valence electrons. The van der Waals surface area contributed by atoms with Crippen LogP contribution >= 0.6 is 7.60 Å². The Morgan fingerprint density at radius 3 is 2.67 bits per heavy atom. The second-order valence-electron chi connectivity index (χ2n) is 10.9. The zero-order valence-corrected chi connectivity index (χ0v) is 23.6. The highest BCUT2D eigenvalue weighted by atomic mass is 31.2. The minimum Gasteiger partial charge on any atom is -0.423 e. The lowest BCUT2D eigenvalue weighted by molar-refractivity contribution is -0.450. The highest BCUT2D eigenvalue weighted by Gasteiger charge is 2.63. The van der Waals surface area contributed by atoms with Crippen molar-refractivity contribution in [2.75, 3.05) is 13.7 Å². The van der Waals surface area contributed by atoms with E-state index in [1.165, 1.54) is 12.3 Å². The molecule has 6 N–H and O–H groups in total. The second kappa shape index (κ2) is 10.9. The molecular formula is C25H37N4O10P. The number of nitrogens with one attached hydrogen (secondary N) is 2. The molecule has 1 saturated carbocycles. The van der Waals surface area contributed by atoms with Gasteiger partial charge in [-0.2, -0.15) is 0 Å². The smallest absolute Gasteiger partial charge is 0.373 e. The topological polar surface area (TPSA) is 193 Å². The van der Waals surface area contributed by atoms with E-state index >= 15 is 0 Å². The first-order valence-corrected chi connectivity index (χ1v) is 15.4. The summed E-state index contributed by atoms with van der Waals surface area (Å²) in [6.07, 6.45) is -1.77. The third-order valence-electron chi connectivity index (χ3n) is 7.86. The summed E-state index contributed by atoms with van der Waals surface area (Å²) in [6, 6.07) is 1.53. The first-order chi connectivity index (χ1) is 18.8. The average Bonchev–Trinajstić information content (AvgIpc) is 3.25. The predicted octanol–water partition coefficient (Wildman–Crippen LogP) is -0.487. The first-order valence-electron chi connectivity index (χ1n) is 13.3. The molecule has 14 nitrogen and oxygen atoms in total. The van der Waals surface area contributed by atoms with E-state index in [1.807, 2.05) is 6.92 Å². The summed E-state index contributed by atoms with van der Waals surface area (Å²) in [7, 11) is -2.08. The molecule has 5 rings (SSSR count). The predicted molar refractivity (Wildman–Crippen MR) is 139 cm³/mol. The van der Waals surface area contributed by atoms with Crippen LogP contribution in [0.3, 0.4) is 0 Å². The fraction of sp³-hybridized carbons (Fsp3) is 0.680. The Kier molecular flexibility index (Phi) is 8.03. The van der Waals surface area contributed by atoms with Crippen molar-refractivity contribution in [2.45, 2.75) is 87.8 Å². The van der Waals surface area contributed by atoms with Gasteiger partial charge in [0, 0.05) is 18.8 Å². The molecule has 0 bridgehead atoms. The largest absolute Gasteiger partial charge is 0.423 e. The zero-order valence-electron chi connectivity index (χ0n) is 22.7. The summed E-state index contributed by atoms with van der Waals surface area (Å²) in [5.41, 5.74) is 0.924. The van der Waals surface area contributed by atoms with Gasteiger partial charge in [-0.3, -0.25) is 4.79 Å². The van der Waals surface area contributed by atoms with Crippen molar-refractivity contribution >= 4 is 19.2 Å². The number of likely N-dealkylation sites (N-methyl/N-ethyl adjacent to an activating group) is 1. The lowest BCUT2D eigenvalue weighted by Gasteiger charge is -2.58. The molecule has 1 aliphatic carbocycles. The van der Waals surface area contributed by atoms with E-state index in [0.717, 1.165) is 6.66 Å². The minimum atomic E-state index is -3.74. The Labute approximate surface area is 231 Å². The van der Waals surface area contributed by atoms with Gasteiger partial charge in [-0.1, -0.05) is 6.92 Å². The van der Waals surface area contributed by atoms with Gasteiger partial charge >= 0.3 is 7.60 Å². The number of hydrogen-bond acceptors (Lipinski definition) is 11. The molecule has 2 aromatic heterocycles. The number of pyridine rings is 1. The molecule has 3 fully saturated rings. The minimum absolute atomic E-state index is 0.127. The third-order valence-corrected chi connectivity index (χ3v) is 8.41. The SMILES string of the molecule is CC[C@@H]1[C@H](O)[C@H](NC)[C@H]2O[C@]3(O)[C@H](O[C@@H]2[C@H]1O)O[C@H](C)C[C@H]3NC(=O)Cc1cn2cc(OP(C)(=O)O)ccc2n1. The summed E-state index contributed by atoms with van der Waals surface area (Å²) in [5.74, 6) is -2.81. The van der Waals surface area contributed by atoms with E-state index in [1.54, 1.807) is 30.6 Å². The van der Waals surface area contributed by atoms with Gasteiger partial charge in [0.1, 0.15) is 23.6 Å².